The number of aromatic nitrogens is 1. The van der Waals surface area contributed by atoms with E-state index in [2.05, 4.69) is 20.5 Å². The van der Waals surface area contributed by atoms with Gasteiger partial charge in [0.2, 0.25) is 0 Å². The standard InChI is InChI=1S/C16H28N4S/c1-17-10-16-18-15(13-21-16)12-20-8-4-14(5-9-20)11-19-6-2-3-7-19/h13-14,17H,2-12H2,1H3. The van der Waals surface area contributed by atoms with Crippen LogP contribution in [0.3, 0.4) is 0 Å². The molecule has 0 aliphatic carbocycles. The fraction of sp³-hybridized carbons (Fsp3) is 0.812. The van der Waals surface area contributed by atoms with Crippen LogP contribution < -0.4 is 5.32 Å². The molecule has 1 aromatic rings. The second-order valence-corrected chi connectivity index (χ2v) is 7.43. The molecular weight excluding hydrogens is 280 g/mol. The Morgan fingerprint density at radius 1 is 1.19 bits per heavy atom. The summed E-state index contributed by atoms with van der Waals surface area (Å²) in [4.78, 5) is 9.96. The van der Waals surface area contributed by atoms with Crippen LogP contribution in [0, 0.1) is 5.92 Å². The summed E-state index contributed by atoms with van der Waals surface area (Å²) < 4.78 is 0. The first-order valence-corrected chi connectivity index (χ1v) is 9.24. The molecule has 0 spiro atoms. The Morgan fingerprint density at radius 3 is 2.67 bits per heavy atom. The lowest BCUT2D eigenvalue weighted by atomic mass is 9.96. The molecule has 1 aromatic heterocycles. The molecule has 2 aliphatic rings. The Hall–Kier alpha value is -0.490. The number of piperidine rings is 1. The lowest BCUT2D eigenvalue weighted by Crippen LogP contribution is -2.37. The van der Waals surface area contributed by atoms with Crippen LogP contribution in [0.2, 0.25) is 0 Å². The van der Waals surface area contributed by atoms with Crippen LogP contribution in [0.4, 0.5) is 0 Å². The average Bonchev–Trinajstić information content (AvgIpc) is 3.14. The number of likely N-dealkylation sites (tertiary alicyclic amines) is 2. The Bertz CT molecular complexity index is 420. The van der Waals surface area contributed by atoms with E-state index in [0.717, 1.165) is 19.0 Å². The van der Waals surface area contributed by atoms with Crippen molar-refractivity contribution in [3.8, 4) is 0 Å². The van der Waals surface area contributed by atoms with Gasteiger partial charge in [-0.05, 0) is 64.8 Å². The number of nitrogens with zero attached hydrogens (tertiary/aromatic N) is 3. The van der Waals surface area contributed by atoms with Crippen molar-refractivity contribution in [1.82, 2.24) is 20.1 Å². The van der Waals surface area contributed by atoms with Crippen molar-refractivity contribution in [2.75, 3.05) is 39.8 Å². The molecular formula is C16H28N4S. The van der Waals surface area contributed by atoms with Crippen molar-refractivity contribution >= 4 is 11.3 Å². The number of nitrogens with one attached hydrogen (secondary N) is 1. The molecule has 3 rings (SSSR count). The molecule has 3 heterocycles. The molecule has 2 fully saturated rings. The maximum Gasteiger partial charge on any atom is 0.107 e. The Labute approximate surface area is 132 Å². The van der Waals surface area contributed by atoms with Crippen LogP contribution >= 0.6 is 11.3 Å². The van der Waals surface area contributed by atoms with Crippen molar-refractivity contribution in [3.63, 3.8) is 0 Å². The quantitative estimate of drug-likeness (QED) is 0.873. The lowest BCUT2D eigenvalue weighted by Gasteiger charge is -2.33. The molecule has 21 heavy (non-hydrogen) atoms. The molecule has 0 aromatic carbocycles. The van der Waals surface area contributed by atoms with Gasteiger partial charge in [0.05, 0.1) is 5.69 Å². The van der Waals surface area contributed by atoms with E-state index in [1.807, 2.05) is 7.05 Å². The summed E-state index contributed by atoms with van der Waals surface area (Å²) in [6.45, 7) is 8.45. The first kappa shape index (κ1) is 15.4. The zero-order chi connectivity index (χ0) is 14.5. The van der Waals surface area contributed by atoms with Gasteiger partial charge in [0, 0.05) is 25.0 Å². The Kier molecular flexibility index (Phi) is 5.63. The van der Waals surface area contributed by atoms with Crippen molar-refractivity contribution in [3.05, 3.63) is 16.1 Å². The van der Waals surface area contributed by atoms with Crippen LogP contribution in [0.25, 0.3) is 0 Å². The largest absolute Gasteiger partial charge is 0.314 e. The molecule has 118 valence electrons. The summed E-state index contributed by atoms with van der Waals surface area (Å²) in [6.07, 6.45) is 5.56. The van der Waals surface area contributed by atoms with E-state index < -0.39 is 0 Å². The van der Waals surface area contributed by atoms with Crippen molar-refractivity contribution in [2.45, 2.75) is 38.8 Å². The minimum Gasteiger partial charge on any atom is -0.314 e. The molecule has 0 saturated carbocycles. The van der Waals surface area contributed by atoms with Crippen LogP contribution in [-0.4, -0.2) is 54.6 Å². The predicted octanol–water partition coefficient (Wildman–Crippen LogP) is 2.17. The van der Waals surface area contributed by atoms with Gasteiger partial charge < -0.3 is 10.2 Å². The highest BCUT2D eigenvalue weighted by Crippen LogP contribution is 2.22. The Morgan fingerprint density at radius 2 is 1.95 bits per heavy atom. The monoisotopic (exact) mass is 308 g/mol. The van der Waals surface area contributed by atoms with Gasteiger partial charge in [-0.2, -0.15) is 0 Å². The van der Waals surface area contributed by atoms with E-state index in [4.69, 9.17) is 4.98 Å². The Balaban J connectivity index is 1.40. The molecule has 2 aliphatic heterocycles. The number of thiazole rings is 1. The van der Waals surface area contributed by atoms with E-state index in [-0.39, 0.29) is 0 Å². The van der Waals surface area contributed by atoms with Gasteiger partial charge in [-0.15, -0.1) is 11.3 Å². The first-order chi connectivity index (χ1) is 10.3. The molecule has 1 N–H and O–H groups in total. The third kappa shape index (κ3) is 4.49. The van der Waals surface area contributed by atoms with Crippen LogP contribution in [0.1, 0.15) is 36.4 Å². The molecule has 2 saturated heterocycles. The third-order valence-electron chi connectivity index (χ3n) is 4.74. The lowest BCUT2D eigenvalue weighted by molar-refractivity contribution is 0.148. The van der Waals surface area contributed by atoms with Gasteiger partial charge in [-0.3, -0.25) is 4.90 Å². The maximum absolute atomic E-state index is 4.70. The van der Waals surface area contributed by atoms with E-state index in [1.54, 1.807) is 11.3 Å². The highest BCUT2D eigenvalue weighted by atomic mass is 32.1. The topological polar surface area (TPSA) is 31.4 Å². The van der Waals surface area contributed by atoms with Crippen molar-refractivity contribution < 1.29 is 0 Å². The van der Waals surface area contributed by atoms with E-state index in [0.29, 0.717) is 0 Å². The summed E-state index contributed by atoms with van der Waals surface area (Å²) in [6, 6.07) is 0. The second-order valence-electron chi connectivity index (χ2n) is 6.49. The normalized spacial score (nSPS) is 22.1. The zero-order valence-corrected chi connectivity index (χ0v) is 14.0. The van der Waals surface area contributed by atoms with Crippen molar-refractivity contribution in [1.29, 1.82) is 0 Å². The molecule has 0 amide bonds. The predicted molar refractivity (Wildman–Crippen MR) is 88.6 cm³/mol. The van der Waals surface area contributed by atoms with Gasteiger partial charge in [-0.1, -0.05) is 0 Å². The number of hydrogen-bond donors (Lipinski definition) is 1. The van der Waals surface area contributed by atoms with E-state index in [9.17, 15) is 0 Å². The van der Waals surface area contributed by atoms with Gasteiger partial charge in [0.25, 0.3) is 0 Å². The molecule has 0 bridgehead atoms. The molecule has 5 heteroatoms. The number of rotatable bonds is 6. The van der Waals surface area contributed by atoms with Gasteiger partial charge >= 0.3 is 0 Å². The smallest absolute Gasteiger partial charge is 0.107 e. The highest BCUT2D eigenvalue weighted by Gasteiger charge is 2.23. The molecule has 0 radical (unpaired) electrons. The highest BCUT2D eigenvalue weighted by molar-refractivity contribution is 7.09. The average molecular weight is 308 g/mol. The fourth-order valence-electron chi connectivity index (χ4n) is 3.54. The maximum atomic E-state index is 4.70. The van der Waals surface area contributed by atoms with Crippen LogP contribution in [0.5, 0.6) is 0 Å². The SMILES string of the molecule is CNCc1nc(CN2CCC(CN3CCCC3)CC2)cs1. The van der Waals surface area contributed by atoms with Crippen molar-refractivity contribution in [2.24, 2.45) is 5.92 Å². The summed E-state index contributed by atoms with van der Waals surface area (Å²) in [5.74, 6) is 0.926. The summed E-state index contributed by atoms with van der Waals surface area (Å²) in [5.41, 5.74) is 1.25. The minimum atomic E-state index is 0.891. The molecule has 0 unspecified atom stereocenters. The second kappa shape index (κ2) is 7.68. The van der Waals surface area contributed by atoms with Gasteiger partial charge in [0.1, 0.15) is 5.01 Å². The van der Waals surface area contributed by atoms with Crippen LogP contribution in [0.15, 0.2) is 5.38 Å². The van der Waals surface area contributed by atoms with Gasteiger partial charge in [0.15, 0.2) is 0 Å². The third-order valence-corrected chi connectivity index (χ3v) is 5.63. The summed E-state index contributed by atoms with van der Waals surface area (Å²) in [5, 5.41) is 6.60. The fourth-order valence-corrected chi connectivity index (χ4v) is 4.34. The van der Waals surface area contributed by atoms with Gasteiger partial charge in [-0.25, -0.2) is 4.98 Å². The summed E-state index contributed by atoms with van der Waals surface area (Å²) in [7, 11) is 1.98. The molecule has 4 nitrogen and oxygen atoms in total. The number of hydrogen-bond acceptors (Lipinski definition) is 5. The van der Waals surface area contributed by atoms with E-state index >= 15 is 0 Å². The minimum absolute atomic E-state index is 0.891. The summed E-state index contributed by atoms with van der Waals surface area (Å²) >= 11 is 1.78. The molecule has 0 atom stereocenters. The first-order valence-electron chi connectivity index (χ1n) is 8.36. The van der Waals surface area contributed by atoms with E-state index in [1.165, 1.54) is 69.1 Å². The van der Waals surface area contributed by atoms with Crippen LogP contribution in [-0.2, 0) is 13.1 Å². The zero-order valence-electron chi connectivity index (χ0n) is 13.2.